The van der Waals surface area contributed by atoms with Gasteiger partial charge in [0.25, 0.3) is 0 Å². The fourth-order valence-corrected chi connectivity index (χ4v) is 2.75. The molecule has 1 unspecified atom stereocenters. The first-order chi connectivity index (χ1) is 8.92. The van der Waals surface area contributed by atoms with Gasteiger partial charge in [0, 0.05) is 38.1 Å². The van der Waals surface area contributed by atoms with Crippen molar-refractivity contribution in [1.82, 2.24) is 15.1 Å². The molecular weight excluding hydrogens is 262 g/mol. The maximum Gasteiger partial charge on any atom is 0.245 e. The van der Waals surface area contributed by atoms with Crippen LogP contribution in [0.25, 0.3) is 0 Å². The standard InChI is InChI=1S/C13H27N3O2S/c1-6-16(7-2)13(18)12(14-11(3)17)10-19-9-8-15(4)5/h12H,6-10H2,1-5H3,(H,14,17). The number of hydrogen-bond donors (Lipinski definition) is 1. The molecule has 0 heterocycles. The van der Waals surface area contributed by atoms with E-state index >= 15 is 0 Å². The van der Waals surface area contributed by atoms with Crippen LogP contribution in [0.5, 0.6) is 0 Å². The van der Waals surface area contributed by atoms with Gasteiger partial charge in [-0.1, -0.05) is 0 Å². The Balaban J connectivity index is 4.37. The minimum absolute atomic E-state index is 0.0116. The lowest BCUT2D eigenvalue weighted by Gasteiger charge is -2.25. The Labute approximate surface area is 121 Å². The van der Waals surface area contributed by atoms with Crippen molar-refractivity contribution < 1.29 is 9.59 Å². The van der Waals surface area contributed by atoms with Gasteiger partial charge in [0.15, 0.2) is 0 Å². The molecule has 1 N–H and O–H groups in total. The quantitative estimate of drug-likeness (QED) is 0.633. The Hall–Kier alpha value is -0.750. The lowest BCUT2D eigenvalue weighted by molar-refractivity contribution is -0.135. The van der Waals surface area contributed by atoms with Crippen LogP contribution in [0.2, 0.25) is 0 Å². The van der Waals surface area contributed by atoms with Crippen LogP contribution in [-0.2, 0) is 9.59 Å². The van der Waals surface area contributed by atoms with Crippen LogP contribution in [0.4, 0.5) is 0 Å². The third kappa shape index (κ3) is 8.10. The predicted molar refractivity (Wildman–Crippen MR) is 81.4 cm³/mol. The van der Waals surface area contributed by atoms with Gasteiger partial charge >= 0.3 is 0 Å². The lowest BCUT2D eigenvalue weighted by Crippen LogP contribution is -2.49. The molecule has 5 nitrogen and oxygen atoms in total. The summed E-state index contributed by atoms with van der Waals surface area (Å²) >= 11 is 1.69. The number of hydrogen-bond acceptors (Lipinski definition) is 4. The van der Waals surface area contributed by atoms with Crippen molar-refractivity contribution in [3.05, 3.63) is 0 Å². The average molecular weight is 289 g/mol. The van der Waals surface area contributed by atoms with E-state index < -0.39 is 6.04 Å². The van der Waals surface area contributed by atoms with Gasteiger partial charge in [0.2, 0.25) is 11.8 Å². The Bertz CT molecular complexity index is 281. The smallest absolute Gasteiger partial charge is 0.245 e. The number of nitrogens with zero attached hydrogens (tertiary/aromatic N) is 2. The van der Waals surface area contributed by atoms with Gasteiger partial charge in [-0.05, 0) is 27.9 Å². The molecule has 1 atom stereocenters. The number of carbonyl (C=O) groups is 2. The molecule has 0 saturated heterocycles. The number of nitrogens with one attached hydrogen (secondary N) is 1. The van der Waals surface area contributed by atoms with Crippen LogP contribution in [0.15, 0.2) is 0 Å². The number of likely N-dealkylation sites (N-methyl/N-ethyl adjacent to an activating group) is 1. The van der Waals surface area contributed by atoms with Crippen LogP contribution in [0.3, 0.4) is 0 Å². The Morgan fingerprint density at radius 1 is 1.21 bits per heavy atom. The summed E-state index contributed by atoms with van der Waals surface area (Å²) in [7, 11) is 4.04. The van der Waals surface area contributed by atoms with Crippen LogP contribution in [0.1, 0.15) is 20.8 Å². The molecule has 0 spiro atoms. The molecule has 0 rings (SSSR count). The third-order valence-electron chi connectivity index (χ3n) is 2.72. The first-order valence-electron chi connectivity index (χ1n) is 6.70. The average Bonchev–Trinajstić information content (AvgIpc) is 2.33. The van der Waals surface area contributed by atoms with E-state index in [0.717, 1.165) is 12.3 Å². The highest BCUT2D eigenvalue weighted by Gasteiger charge is 2.23. The molecule has 0 aliphatic rings. The summed E-state index contributed by atoms with van der Waals surface area (Å²) in [6.45, 7) is 7.67. The van der Waals surface area contributed by atoms with E-state index in [4.69, 9.17) is 0 Å². The molecule has 0 fully saturated rings. The van der Waals surface area contributed by atoms with Crippen molar-refractivity contribution in [3.8, 4) is 0 Å². The normalized spacial score (nSPS) is 12.3. The second-order valence-electron chi connectivity index (χ2n) is 4.64. The van der Waals surface area contributed by atoms with Crippen molar-refractivity contribution in [2.75, 3.05) is 45.2 Å². The second-order valence-corrected chi connectivity index (χ2v) is 5.79. The maximum absolute atomic E-state index is 12.3. The molecule has 6 heteroatoms. The number of thioether (sulfide) groups is 1. The molecule has 0 aliphatic heterocycles. The largest absolute Gasteiger partial charge is 0.344 e. The fourth-order valence-electron chi connectivity index (χ4n) is 1.62. The molecule has 19 heavy (non-hydrogen) atoms. The molecule has 0 aliphatic carbocycles. The van der Waals surface area contributed by atoms with Gasteiger partial charge in [-0.15, -0.1) is 0 Å². The first kappa shape index (κ1) is 18.2. The summed E-state index contributed by atoms with van der Waals surface area (Å²) in [5, 5.41) is 2.75. The Morgan fingerprint density at radius 3 is 2.21 bits per heavy atom. The first-order valence-corrected chi connectivity index (χ1v) is 7.86. The van der Waals surface area contributed by atoms with Gasteiger partial charge in [-0.3, -0.25) is 9.59 Å². The third-order valence-corrected chi connectivity index (χ3v) is 3.76. The zero-order valence-electron chi connectivity index (χ0n) is 12.7. The monoisotopic (exact) mass is 289 g/mol. The molecule has 112 valence electrons. The van der Waals surface area contributed by atoms with Crippen molar-refractivity contribution in [2.24, 2.45) is 0 Å². The second kappa shape index (κ2) is 10.1. The molecule has 0 aromatic carbocycles. The summed E-state index contributed by atoms with van der Waals surface area (Å²) < 4.78 is 0. The molecule has 0 saturated carbocycles. The number of rotatable bonds is 9. The van der Waals surface area contributed by atoms with E-state index in [0.29, 0.717) is 18.8 Å². The van der Waals surface area contributed by atoms with Gasteiger partial charge < -0.3 is 15.1 Å². The van der Waals surface area contributed by atoms with Crippen molar-refractivity contribution >= 4 is 23.6 Å². The van der Waals surface area contributed by atoms with E-state index in [-0.39, 0.29) is 11.8 Å². The number of amides is 2. The Morgan fingerprint density at radius 2 is 1.79 bits per heavy atom. The maximum atomic E-state index is 12.3. The van der Waals surface area contributed by atoms with Crippen LogP contribution in [0, 0.1) is 0 Å². The molecule has 2 amide bonds. The van der Waals surface area contributed by atoms with Crippen molar-refractivity contribution in [3.63, 3.8) is 0 Å². The van der Waals surface area contributed by atoms with Crippen LogP contribution >= 0.6 is 11.8 Å². The molecule has 0 radical (unpaired) electrons. The molecule has 0 aromatic rings. The van der Waals surface area contributed by atoms with E-state index in [1.165, 1.54) is 6.92 Å². The topological polar surface area (TPSA) is 52.7 Å². The van der Waals surface area contributed by atoms with Crippen molar-refractivity contribution in [2.45, 2.75) is 26.8 Å². The van der Waals surface area contributed by atoms with Crippen LogP contribution in [-0.4, -0.2) is 72.9 Å². The SMILES string of the molecule is CCN(CC)C(=O)C(CSCCN(C)C)NC(C)=O. The lowest BCUT2D eigenvalue weighted by atomic mass is 10.2. The predicted octanol–water partition coefficient (Wildman–Crippen LogP) is 0.654. The molecular formula is C13H27N3O2S. The van der Waals surface area contributed by atoms with Crippen LogP contribution < -0.4 is 5.32 Å². The highest BCUT2D eigenvalue weighted by atomic mass is 32.2. The van der Waals surface area contributed by atoms with E-state index in [2.05, 4.69) is 10.2 Å². The highest BCUT2D eigenvalue weighted by molar-refractivity contribution is 7.99. The summed E-state index contributed by atoms with van der Waals surface area (Å²) in [5.74, 6) is 1.44. The summed E-state index contributed by atoms with van der Waals surface area (Å²) in [6.07, 6.45) is 0. The van der Waals surface area contributed by atoms with Gasteiger partial charge in [-0.25, -0.2) is 0 Å². The van der Waals surface area contributed by atoms with E-state index in [1.807, 2.05) is 27.9 Å². The van der Waals surface area contributed by atoms with Gasteiger partial charge in [0.1, 0.15) is 6.04 Å². The summed E-state index contributed by atoms with van der Waals surface area (Å²) in [5.41, 5.74) is 0. The van der Waals surface area contributed by atoms with E-state index in [1.54, 1.807) is 16.7 Å². The van der Waals surface area contributed by atoms with Gasteiger partial charge in [-0.2, -0.15) is 11.8 Å². The van der Waals surface area contributed by atoms with Gasteiger partial charge in [0.05, 0.1) is 0 Å². The zero-order chi connectivity index (χ0) is 14.8. The summed E-state index contributed by atoms with van der Waals surface area (Å²) in [4.78, 5) is 27.3. The highest BCUT2D eigenvalue weighted by Crippen LogP contribution is 2.06. The van der Waals surface area contributed by atoms with Crippen molar-refractivity contribution in [1.29, 1.82) is 0 Å². The zero-order valence-corrected chi connectivity index (χ0v) is 13.5. The Kier molecular flexibility index (Phi) is 9.69. The summed E-state index contributed by atoms with van der Waals surface area (Å²) in [6, 6.07) is -0.412. The molecule has 0 bridgehead atoms. The van der Waals surface area contributed by atoms with E-state index in [9.17, 15) is 9.59 Å². The molecule has 0 aromatic heterocycles. The minimum Gasteiger partial charge on any atom is -0.344 e. The number of carbonyl (C=O) groups excluding carboxylic acids is 2. The minimum atomic E-state index is -0.412. The fraction of sp³-hybridized carbons (Fsp3) is 0.846.